The number of benzene rings is 2. The standard InChI is InChI=1S/C22H19N3O4/c1-13-2-5-15(21(28)24-16-6-7-16)11-19(13)25-12-23-18-8-3-14(4-9-20(26)27)10-17(18)22(25)29/h2-5,8-12,16H,6-7H2,1H3,(H,24,28)(H,26,27)/b9-4+. The van der Waals surface area contributed by atoms with Crippen molar-refractivity contribution < 1.29 is 14.7 Å². The van der Waals surface area contributed by atoms with E-state index in [9.17, 15) is 14.4 Å². The van der Waals surface area contributed by atoms with Gasteiger partial charge in [-0.05, 0) is 61.2 Å². The lowest BCUT2D eigenvalue weighted by atomic mass is 10.1. The van der Waals surface area contributed by atoms with E-state index in [1.165, 1.54) is 17.0 Å². The van der Waals surface area contributed by atoms with Gasteiger partial charge in [-0.1, -0.05) is 12.1 Å². The van der Waals surface area contributed by atoms with E-state index in [1.807, 2.05) is 6.92 Å². The minimum atomic E-state index is -1.06. The number of hydrogen-bond acceptors (Lipinski definition) is 4. The molecule has 3 aromatic rings. The van der Waals surface area contributed by atoms with Crippen LogP contribution in [0.15, 0.2) is 53.6 Å². The van der Waals surface area contributed by atoms with Crippen LogP contribution in [-0.2, 0) is 4.79 Å². The second kappa shape index (κ2) is 7.35. The minimum Gasteiger partial charge on any atom is -0.478 e. The average molecular weight is 389 g/mol. The van der Waals surface area contributed by atoms with Crippen LogP contribution in [0.25, 0.3) is 22.7 Å². The van der Waals surface area contributed by atoms with Crippen molar-refractivity contribution in [3.05, 3.63) is 75.8 Å². The third-order valence-corrected chi connectivity index (χ3v) is 4.84. The van der Waals surface area contributed by atoms with E-state index in [2.05, 4.69) is 10.3 Å². The number of nitrogens with zero attached hydrogens (tertiary/aromatic N) is 2. The summed E-state index contributed by atoms with van der Waals surface area (Å²) >= 11 is 0. The maximum absolute atomic E-state index is 13.1. The quantitative estimate of drug-likeness (QED) is 0.654. The Bertz CT molecular complexity index is 1220. The molecular formula is C22H19N3O4. The van der Waals surface area contributed by atoms with Gasteiger partial charge >= 0.3 is 5.97 Å². The lowest BCUT2D eigenvalue weighted by Gasteiger charge is -2.12. The van der Waals surface area contributed by atoms with Crippen LogP contribution < -0.4 is 10.9 Å². The van der Waals surface area contributed by atoms with E-state index >= 15 is 0 Å². The molecule has 2 aromatic carbocycles. The molecule has 0 bridgehead atoms. The second-order valence-corrected chi connectivity index (χ2v) is 7.12. The summed E-state index contributed by atoms with van der Waals surface area (Å²) in [6, 6.07) is 10.5. The number of hydrogen-bond donors (Lipinski definition) is 2. The highest BCUT2D eigenvalue weighted by Gasteiger charge is 2.24. The van der Waals surface area contributed by atoms with Gasteiger partial charge < -0.3 is 10.4 Å². The molecule has 1 fully saturated rings. The number of fused-ring (bicyclic) bond motifs is 1. The molecule has 1 aliphatic carbocycles. The van der Waals surface area contributed by atoms with Crippen molar-refractivity contribution >= 4 is 28.9 Å². The van der Waals surface area contributed by atoms with Crippen LogP contribution in [0.5, 0.6) is 0 Å². The van der Waals surface area contributed by atoms with E-state index in [0.29, 0.717) is 27.7 Å². The van der Waals surface area contributed by atoms with Crippen molar-refractivity contribution in [1.29, 1.82) is 0 Å². The third kappa shape index (κ3) is 3.94. The summed E-state index contributed by atoms with van der Waals surface area (Å²) in [5.41, 5.74) is 2.72. The molecule has 1 aliphatic rings. The number of aromatic nitrogens is 2. The average Bonchev–Trinajstić information content (AvgIpc) is 3.51. The lowest BCUT2D eigenvalue weighted by molar-refractivity contribution is -0.131. The van der Waals surface area contributed by atoms with Crippen molar-refractivity contribution in [2.75, 3.05) is 0 Å². The number of carbonyl (C=O) groups is 2. The number of carboxylic acid groups (broad SMARTS) is 1. The van der Waals surface area contributed by atoms with Crippen LogP contribution in [0.4, 0.5) is 0 Å². The molecule has 0 unspecified atom stereocenters. The SMILES string of the molecule is Cc1ccc(C(=O)NC2CC2)cc1-n1cnc2ccc(/C=C/C(=O)O)cc2c1=O. The first-order valence-corrected chi connectivity index (χ1v) is 9.27. The Balaban J connectivity index is 1.79. The lowest BCUT2D eigenvalue weighted by Crippen LogP contribution is -2.26. The molecule has 0 aliphatic heterocycles. The number of rotatable bonds is 5. The summed E-state index contributed by atoms with van der Waals surface area (Å²) in [5, 5.41) is 12.1. The zero-order valence-electron chi connectivity index (χ0n) is 15.8. The molecule has 4 rings (SSSR count). The van der Waals surface area contributed by atoms with E-state index in [0.717, 1.165) is 24.5 Å². The fourth-order valence-corrected chi connectivity index (χ4v) is 3.09. The van der Waals surface area contributed by atoms with E-state index < -0.39 is 5.97 Å². The predicted octanol–water partition coefficient (Wildman–Crippen LogP) is 2.68. The Morgan fingerprint density at radius 3 is 2.72 bits per heavy atom. The molecule has 7 heteroatoms. The van der Waals surface area contributed by atoms with Crippen LogP contribution in [0, 0.1) is 6.92 Å². The molecular weight excluding hydrogens is 370 g/mol. The fraction of sp³-hybridized carbons (Fsp3) is 0.182. The summed E-state index contributed by atoms with van der Waals surface area (Å²) in [6.07, 6.45) is 5.88. The molecule has 146 valence electrons. The fourth-order valence-electron chi connectivity index (χ4n) is 3.09. The molecule has 1 amide bonds. The zero-order valence-corrected chi connectivity index (χ0v) is 15.8. The summed E-state index contributed by atoms with van der Waals surface area (Å²) in [7, 11) is 0. The summed E-state index contributed by atoms with van der Waals surface area (Å²) < 4.78 is 1.41. The molecule has 0 radical (unpaired) electrons. The van der Waals surface area contributed by atoms with Gasteiger partial charge in [0.05, 0.1) is 16.6 Å². The molecule has 0 saturated heterocycles. The first-order chi connectivity index (χ1) is 13.9. The number of aryl methyl sites for hydroxylation is 1. The molecule has 1 heterocycles. The molecule has 7 nitrogen and oxygen atoms in total. The highest BCUT2D eigenvalue weighted by molar-refractivity contribution is 5.95. The van der Waals surface area contributed by atoms with Gasteiger partial charge in [-0.3, -0.25) is 14.2 Å². The second-order valence-electron chi connectivity index (χ2n) is 7.12. The molecule has 1 saturated carbocycles. The Labute approximate surface area is 166 Å². The predicted molar refractivity (Wildman–Crippen MR) is 109 cm³/mol. The largest absolute Gasteiger partial charge is 0.478 e. The van der Waals surface area contributed by atoms with Crippen LogP contribution in [-0.4, -0.2) is 32.6 Å². The van der Waals surface area contributed by atoms with Gasteiger partial charge in [-0.2, -0.15) is 0 Å². The monoisotopic (exact) mass is 389 g/mol. The van der Waals surface area contributed by atoms with Crippen LogP contribution in [0.3, 0.4) is 0 Å². The van der Waals surface area contributed by atoms with Gasteiger partial charge in [-0.15, -0.1) is 0 Å². The topological polar surface area (TPSA) is 101 Å². The van der Waals surface area contributed by atoms with Crippen LogP contribution >= 0.6 is 0 Å². The van der Waals surface area contributed by atoms with E-state index in [4.69, 9.17) is 5.11 Å². The number of amides is 1. The third-order valence-electron chi connectivity index (χ3n) is 4.84. The Morgan fingerprint density at radius 1 is 1.21 bits per heavy atom. The Morgan fingerprint density at radius 2 is 2.00 bits per heavy atom. The molecule has 0 spiro atoms. The first-order valence-electron chi connectivity index (χ1n) is 9.27. The van der Waals surface area contributed by atoms with Gasteiger partial charge in [0, 0.05) is 17.7 Å². The number of aliphatic carboxylic acids is 1. The van der Waals surface area contributed by atoms with Crippen molar-refractivity contribution in [2.45, 2.75) is 25.8 Å². The summed E-state index contributed by atoms with van der Waals surface area (Å²) in [4.78, 5) is 40.6. The van der Waals surface area contributed by atoms with Gasteiger partial charge in [-0.25, -0.2) is 9.78 Å². The normalized spacial score (nSPS) is 13.7. The van der Waals surface area contributed by atoms with Gasteiger partial charge in [0.25, 0.3) is 11.5 Å². The van der Waals surface area contributed by atoms with Crippen molar-refractivity contribution in [3.63, 3.8) is 0 Å². The van der Waals surface area contributed by atoms with Crippen molar-refractivity contribution in [2.24, 2.45) is 0 Å². The summed E-state index contributed by atoms with van der Waals surface area (Å²) in [6.45, 7) is 1.86. The van der Waals surface area contributed by atoms with Crippen LogP contribution in [0.2, 0.25) is 0 Å². The Kier molecular flexibility index (Phi) is 4.72. The number of carboxylic acids is 1. The maximum Gasteiger partial charge on any atom is 0.328 e. The Hall–Kier alpha value is -3.74. The van der Waals surface area contributed by atoms with E-state index in [-0.39, 0.29) is 17.5 Å². The van der Waals surface area contributed by atoms with Crippen LogP contribution in [0.1, 0.15) is 34.3 Å². The van der Waals surface area contributed by atoms with Crippen molar-refractivity contribution in [3.8, 4) is 5.69 Å². The molecule has 29 heavy (non-hydrogen) atoms. The summed E-state index contributed by atoms with van der Waals surface area (Å²) in [5.74, 6) is -1.22. The number of carbonyl (C=O) groups excluding carboxylic acids is 1. The van der Waals surface area contributed by atoms with Crippen molar-refractivity contribution in [1.82, 2.24) is 14.9 Å². The van der Waals surface area contributed by atoms with Gasteiger partial charge in [0.1, 0.15) is 6.33 Å². The molecule has 0 atom stereocenters. The highest BCUT2D eigenvalue weighted by Crippen LogP contribution is 2.21. The minimum absolute atomic E-state index is 0.156. The highest BCUT2D eigenvalue weighted by atomic mass is 16.4. The van der Waals surface area contributed by atoms with E-state index in [1.54, 1.807) is 36.4 Å². The molecule has 2 N–H and O–H groups in total. The maximum atomic E-state index is 13.1. The number of nitrogens with one attached hydrogen (secondary N) is 1. The molecule has 1 aromatic heterocycles. The first kappa shape index (κ1) is 18.6. The van der Waals surface area contributed by atoms with Gasteiger partial charge in [0.15, 0.2) is 0 Å². The zero-order chi connectivity index (χ0) is 20.5. The van der Waals surface area contributed by atoms with Gasteiger partial charge in [0.2, 0.25) is 0 Å². The smallest absolute Gasteiger partial charge is 0.328 e.